The van der Waals surface area contributed by atoms with E-state index in [9.17, 15) is 18.0 Å². The van der Waals surface area contributed by atoms with Gasteiger partial charge in [0.15, 0.2) is 0 Å². The number of carbonyl (C=O) groups excluding carboxylic acids is 1. The zero-order chi connectivity index (χ0) is 14.0. The summed E-state index contributed by atoms with van der Waals surface area (Å²) in [6.45, 7) is 3.14. The van der Waals surface area contributed by atoms with Crippen molar-refractivity contribution in [1.29, 1.82) is 0 Å². The van der Waals surface area contributed by atoms with Crippen LogP contribution in [-0.2, 0) is 14.3 Å². The molecule has 0 N–H and O–H groups in total. The lowest BCUT2D eigenvalue weighted by molar-refractivity contribution is -0.152. The Kier molecular flexibility index (Phi) is 8.74. The summed E-state index contributed by atoms with van der Waals surface area (Å²) in [5.74, 6) is -0.504. The van der Waals surface area contributed by atoms with Crippen molar-refractivity contribution in [2.75, 3.05) is 39.5 Å². The molecule has 0 aliphatic carbocycles. The monoisotopic (exact) mass is 271 g/mol. The molecule has 0 aromatic heterocycles. The summed E-state index contributed by atoms with van der Waals surface area (Å²) < 4.78 is 46.2. The topological polar surface area (TPSA) is 38.8 Å². The van der Waals surface area contributed by atoms with Gasteiger partial charge >= 0.3 is 12.1 Å². The number of carbonyl (C=O) groups is 1. The minimum absolute atomic E-state index is 0.0783. The fourth-order valence-electron chi connectivity index (χ4n) is 1.39. The molecule has 0 spiro atoms. The highest BCUT2D eigenvalue weighted by Crippen LogP contribution is 2.16. The van der Waals surface area contributed by atoms with E-state index in [0.29, 0.717) is 13.0 Å². The van der Waals surface area contributed by atoms with Gasteiger partial charge in [0.1, 0.15) is 6.61 Å². The van der Waals surface area contributed by atoms with Crippen molar-refractivity contribution in [2.45, 2.75) is 26.4 Å². The van der Waals surface area contributed by atoms with Gasteiger partial charge in [0.05, 0.1) is 19.8 Å². The van der Waals surface area contributed by atoms with Gasteiger partial charge in [-0.3, -0.25) is 4.90 Å². The van der Waals surface area contributed by atoms with Gasteiger partial charge in [-0.25, -0.2) is 4.79 Å². The van der Waals surface area contributed by atoms with Crippen LogP contribution < -0.4 is 0 Å². The molecule has 18 heavy (non-hydrogen) atoms. The van der Waals surface area contributed by atoms with Crippen LogP contribution in [0.15, 0.2) is 0 Å². The van der Waals surface area contributed by atoms with Crippen LogP contribution in [0.1, 0.15) is 20.3 Å². The smallest absolute Gasteiger partial charge is 0.401 e. The minimum Gasteiger partial charge on any atom is -0.464 e. The number of nitrogens with zero attached hydrogens (tertiary/aromatic N) is 1. The molecule has 0 fully saturated rings. The average molecular weight is 271 g/mol. The van der Waals surface area contributed by atoms with Crippen molar-refractivity contribution < 1.29 is 27.4 Å². The van der Waals surface area contributed by atoms with E-state index in [4.69, 9.17) is 4.74 Å². The van der Waals surface area contributed by atoms with Gasteiger partial charge in [-0.05, 0) is 19.9 Å². The van der Waals surface area contributed by atoms with E-state index >= 15 is 0 Å². The first-order valence-corrected chi connectivity index (χ1v) is 5.91. The van der Waals surface area contributed by atoms with Crippen LogP contribution in [0.5, 0.6) is 0 Å². The van der Waals surface area contributed by atoms with E-state index in [0.717, 1.165) is 0 Å². The van der Waals surface area contributed by atoms with E-state index < -0.39 is 18.7 Å². The second-order valence-corrected chi connectivity index (χ2v) is 3.75. The summed E-state index contributed by atoms with van der Waals surface area (Å²) in [6, 6.07) is 0. The molecule has 0 rings (SSSR count). The summed E-state index contributed by atoms with van der Waals surface area (Å²) in [5, 5.41) is 0. The van der Waals surface area contributed by atoms with Crippen molar-refractivity contribution in [3.8, 4) is 0 Å². The fraction of sp³-hybridized carbons (Fsp3) is 0.909. The third-order valence-electron chi connectivity index (χ3n) is 2.02. The lowest BCUT2D eigenvalue weighted by Crippen LogP contribution is -2.37. The van der Waals surface area contributed by atoms with E-state index in [1.165, 1.54) is 4.90 Å². The molecule has 108 valence electrons. The first-order chi connectivity index (χ1) is 8.39. The summed E-state index contributed by atoms with van der Waals surface area (Å²) >= 11 is 0. The van der Waals surface area contributed by atoms with Crippen molar-refractivity contribution in [3.63, 3.8) is 0 Å². The zero-order valence-corrected chi connectivity index (χ0v) is 10.8. The Morgan fingerprint density at radius 2 is 1.89 bits per heavy atom. The summed E-state index contributed by atoms with van der Waals surface area (Å²) in [7, 11) is 0. The van der Waals surface area contributed by atoms with Gasteiger partial charge in [0.2, 0.25) is 0 Å². The van der Waals surface area contributed by atoms with E-state index in [1.54, 1.807) is 6.92 Å². The van der Waals surface area contributed by atoms with E-state index in [2.05, 4.69) is 4.74 Å². The number of rotatable bonds is 9. The Bertz CT molecular complexity index is 234. The molecule has 0 amide bonds. The van der Waals surface area contributed by atoms with Crippen LogP contribution in [0.4, 0.5) is 13.2 Å². The number of alkyl halides is 3. The maximum Gasteiger partial charge on any atom is 0.401 e. The van der Waals surface area contributed by atoms with Crippen molar-refractivity contribution >= 4 is 5.97 Å². The maximum atomic E-state index is 12.2. The lowest BCUT2D eigenvalue weighted by Gasteiger charge is -2.22. The normalized spacial score (nSPS) is 11.9. The molecule has 0 aromatic rings. The zero-order valence-electron chi connectivity index (χ0n) is 10.8. The molecule has 0 aliphatic heterocycles. The van der Waals surface area contributed by atoms with Crippen molar-refractivity contribution in [3.05, 3.63) is 0 Å². The van der Waals surface area contributed by atoms with Crippen molar-refractivity contribution in [2.24, 2.45) is 0 Å². The second kappa shape index (κ2) is 9.16. The van der Waals surface area contributed by atoms with E-state index in [-0.39, 0.29) is 26.4 Å². The summed E-state index contributed by atoms with van der Waals surface area (Å²) in [5.41, 5.74) is 0. The first-order valence-electron chi connectivity index (χ1n) is 5.91. The molecule has 0 unspecified atom stereocenters. The van der Waals surface area contributed by atoms with Crippen LogP contribution in [0, 0.1) is 0 Å². The van der Waals surface area contributed by atoms with Gasteiger partial charge in [-0.15, -0.1) is 0 Å². The lowest BCUT2D eigenvalue weighted by atomic mass is 10.4. The van der Waals surface area contributed by atoms with Crippen LogP contribution in [0.3, 0.4) is 0 Å². The molecule has 0 bridgehead atoms. The summed E-state index contributed by atoms with van der Waals surface area (Å²) in [4.78, 5) is 12.2. The molecule has 0 atom stereocenters. The number of halogens is 3. The van der Waals surface area contributed by atoms with Gasteiger partial charge in [0, 0.05) is 6.54 Å². The highest BCUT2D eigenvalue weighted by atomic mass is 19.4. The molecule has 0 aliphatic rings. The molecule has 4 nitrogen and oxygen atoms in total. The largest absolute Gasteiger partial charge is 0.464 e. The van der Waals surface area contributed by atoms with Crippen LogP contribution in [0.25, 0.3) is 0 Å². The Labute approximate surface area is 105 Å². The number of ether oxygens (including phenoxy) is 2. The standard InChI is InChI=1S/C11H20F3NO3/c1-3-5-15(9-11(12,13)14)6-7-17-8-10(16)18-4-2/h3-9H2,1-2H3. The predicted molar refractivity (Wildman–Crippen MR) is 60.2 cm³/mol. The van der Waals surface area contributed by atoms with Gasteiger partial charge in [0.25, 0.3) is 0 Å². The minimum atomic E-state index is -4.21. The van der Waals surface area contributed by atoms with Gasteiger partial charge in [-0.2, -0.15) is 13.2 Å². The number of hydrogen-bond acceptors (Lipinski definition) is 4. The Morgan fingerprint density at radius 3 is 2.39 bits per heavy atom. The molecule has 7 heteroatoms. The maximum absolute atomic E-state index is 12.2. The molecular weight excluding hydrogens is 251 g/mol. The third-order valence-corrected chi connectivity index (χ3v) is 2.02. The molecular formula is C11H20F3NO3. The number of hydrogen-bond donors (Lipinski definition) is 0. The molecule has 0 radical (unpaired) electrons. The van der Waals surface area contributed by atoms with Gasteiger partial charge in [-0.1, -0.05) is 6.92 Å². The second-order valence-electron chi connectivity index (χ2n) is 3.75. The number of esters is 1. The Balaban J connectivity index is 3.80. The Morgan fingerprint density at radius 1 is 1.22 bits per heavy atom. The van der Waals surface area contributed by atoms with Crippen molar-refractivity contribution in [1.82, 2.24) is 4.90 Å². The fourth-order valence-corrected chi connectivity index (χ4v) is 1.39. The van der Waals surface area contributed by atoms with Crippen LogP contribution >= 0.6 is 0 Å². The van der Waals surface area contributed by atoms with Crippen LogP contribution in [0.2, 0.25) is 0 Å². The molecule has 0 aromatic carbocycles. The molecule has 0 saturated carbocycles. The van der Waals surface area contributed by atoms with E-state index in [1.807, 2.05) is 6.92 Å². The highest BCUT2D eigenvalue weighted by Gasteiger charge is 2.30. The highest BCUT2D eigenvalue weighted by molar-refractivity contribution is 5.70. The first kappa shape index (κ1) is 17.2. The predicted octanol–water partition coefficient (Wildman–Crippen LogP) is 1.84. The quantitative estimate of drug-likeness (QED) is 0.474. The third kappa shape index (κ3) is 10.3. The molecule has 0 saturated heterocycles. The molecule has 0 heterocycles. The Hall–Kier alpha value is -0.820. The SMILES string of the molecule is CCCN(CCOCC(=O)OCC)CC(F)(F)F. The summed E-state index contributed by atoms with van der Waals surface area (Å²) in [6.07, 6.45) is -3.58. The van der Waals surface area contributed by atoms with Crippen LogP contribution in [-0.4, -0.2) is 56.5 Å². The average Bonchev–Trinajstić information content (AvgIpc) is 2.23. The van der Waals surface area contributed by atoms with Gasteiger partial charge < -0.3 is 9.47 Å².